The van der Waals surface area contributed by atoms with Gasteiger partial charge in [-0.1, -0.05) is 0 Å². The Bertz CT molecular complexity index is 681. The fourth-order valence-corrected chi connectivity index (χ4v) is 3.91. The molecule has 2 aromatic rings. The van der Waals surface area contributed by atoms with Crippen molar-refractivity contribution >= 4 is 22.3 Å². The Morgan fingerprint density at radius 3 is 2.83 bits per heavy atom. The maximum absolute atomic E-state index is 9.16. The monoisotopic (exact) mass is 347 g/mol. The molecule has 2 aromatic heterocycles. The molecule has 0 aliphatic carbocycles. The molecule has 0 bridgehead atoms. The molecule has 2 N–H and O–H groups in total. The Kier molecular flexibility index (Phi) is 5.43. The van der Waals surface area contributed by atoms with Gasteiger partial charge in [0.05, 0.1) is 12.3 Å². The van der Waals surface area contributed by atoms with Crippen molar-refractivity contribution in [1.82, 2.24) is 19.9 Å². The number of aliphatic hydroxyl groups excluding tert-OH is 1. The van der Waals surface area contributed by atoms with Gasteiger partial charge in [0.2, 0.25) is 0 Å². The van der Waals surface area contributed by atoms with E-state index in [4.69, 9.17) is 10.1 Å². The van der Waals surface area contributed by atoms with Crippen molar-refractivity contribution in [2.75, 3.05) is 31.6 Å². The first-order valence-corrected chi connectivity index (χ1v) is 9.26. The second kappa shape index (κ2) is 7.55. The standard InChI is InChI=1S/C17H25N5OS/c1-11-9-15(21-17-19-12(2)13(3)24-17)20-16(18-11)14-5-4-6-22(10-14)7-8-23/h9,14,23H,4-8,10H2,1-3H3,(H,18,19,20,21)/t14-/m1/s1. The number of aryl methyl sites for hydroxylation is 3. The molecule has 1 saturated heterocycles. The van der Waals surface area contributed by atoms with Crippen LogP contribution in [0.25, 0.3) is 0 Å². The molecule has 1 aliphatic rings. The van der Waals surface area contributed by atoms with Crippen LogP contribution in [0.3, 0.4) is 0 Å². The van der Waals surface area contributed by atoms with Crippen molar-refractivity contribution in [2.45, 2.75) is 39.5 Å². The zero-order valence-corrected chi connectivity index (χ0v) is 15.4. The van der Waals surface area contributed by atoms with Gasteiger partial charge < -0.3 is 15.3 Å². The van der Waals surface area contributed by atoms with Crippen LogP contribution < -0.4 is 5.32 Å². The van der Waals surface area contributed by atoms with E-state index < -0.39 is 0 Å². The van der Waals surface area contributed by atoms with Gasteiger partial charge in [0, 0.05) is 35.6 Å². The van der Waals surface area contributed by atoms with Crippen molar-refractivity contribution in [3.05, 3.63) is 28.2 Å². The van der Waals surface area contributed by atoms with Crippen molar-refractivity contribution < 1.29 is 5.11 Å². The van der Waals surface area contributed by atoms with Crippen LogP contribution in [0.2, 0.25) is 0 Å². The Morgan fingerprint density at radius 1 is 1.29 bits per heavy atom. The molecule has 0 spiro atoms. The summed E-state index contributed by atoms with van der Waals surface area (Å²) >= 11 is 1.64. The van der Waals surface area contributed by atoms with Crippen LogP contribution >= 0.6 is 11.3 Å². The van der Waals surface area contributed by atoms with Crippen LogP contribution in [-0.4, -0.2) is 51.2 Å². The van der Waals surface area contributed by atoms with Gasteiger partial charge in [0.1, 0.15) is 11.6 Å². The number of piperidine rings is 1. The molecule has 0 amide bonds. The Hall–Kier alpha value is -1.57. The summed E-state index contributed by atoms with van der Waals surface area (Å²) in [4.78, 5) is 17.4. The van der Waals surface area contributed by atoms with Crippen LogP contribution in [0.5, 0.6) is 0 Å². The molecule has 0 unspecified atom stereocenters. The zero-order chi connectivity index (χ0) is 17.1. The van der Waals surface area contributed by atoms with Crippen LogP contribution in [0.15, 0.2) is 6.07 Å². The average Bonchev–Trinajstić information content (AvgIpc) is 2.85. The highest BCUT2D eigenvalue weighted by Gasteiger charge is 2.23. The van der Waals surface area contributed by atoms with E-state index in [1.54, 1.807) is 11.3 Å². The van der Waals surface area contributed by atoms with Crippen molar-refractivity contribution in [3.63, 3.8) is 0 Å². The Morgan fingerprint density at radius 2 is 2.12 bits per heavy atom. The summed E-state index contributed by atoms with van der Waals surface area (Å²) in [6, 6.07) is 1.96. The average molecular weight is 347 g/mol. The number of nitrogens with one attached hydrogen (secondary N) is 1. The first-order chi connectivity index (χ1) is 11.5. The van der Waals surface area contributed by atoms with Gasteiger partial charge in [0.25, 0.3) is 0 Å². The predicted molar refractivity (Wildman–Crippen MR) is 97.1 cm³/mol. The summed E-state index contributed by atoms with van der Waals surface area (Å²) in [5.74, 6) is 2.03. The van der Waals surface area contributed by atoms with Crippen LogP contribution in [0.4, 0.5) is 10.9 Å². The lowest BCUT2D eigenvalue weighted by Gasteiger charge is -2.31. The van der Waals surface area contributed by atoms with Gasteiger partial charge in [-0.05, 0) is 40.2 Å². The van der Waals surface area contributed by atoms with E-state index in [0.717, 1.165) is 60.6 Å². The molecule has 0 radical (unpaired) electrons. The minimum atomic E-state index is 0.205. The summed E-state index contributed by atoms with van der Waals surface area (Å²) in [5.41, 5.74) is 2.02. The van der Waals surface area contributed by atoms with Crippen molar-refractivity contribution in [1.29, 1.82) is 0 Å². The van der Waals surface area contributed by atoms with E-state index in [1.165, 1.54) is 4.88 Å². The second-order valence-electron chi connectivity index (χ2n) is 6.40. The van der Waals surface area contributed by atoms with E-state index in [1.807, 2.05) is 19.9 Å². The van der Waals surface area contributed by atoms with E-state index in [0.29, 0.717) is 5.92 Å². The number of likely N-dealkylation sites (tertiary alicyclic amines) is 1. The van der Waals surface area contributed by atoms with Crippen molar-refractivity contribution in [2.24, 2.45) is 0 Å². The maximum Gasteiger partial charge on any atom is 0.188 e. The highest BCUT2D eigenvalue weighted by Crippen LogP contribution is 2.28. The second-order valence-corrected chi connectivity index (χ2v) is 7.60. The number of aliphatic hydroxyl groups is 1. The first-order valence-electron chi connectivity index (χ1n) is 8.45. The lowest BCUT2D eigenvalue weighted by Crippen LogP contribution is -2.36. The number of thiazole rings is 1. The van der Waals surface area contributed by atoms with Gasteiger partial charge in [-0.15, -0.1) is 11.3 Å². The zero-order valence-electron chi connectivity index (χ0n) is 14.5. The summed E-state index contributed by atoms with van der Waals surface area (Å²) in [7, 11) is 0. The Balaban J connectivity index is 1.78. The van der Waals surface area contributed by atoms with Crippen LogP contribution in [-0.2, 0) is 0 Å². The van der Waals surface area contributed by atoms with Gasteiger partial charge in [-0.25, -0.2) is 15.0 Å². The number of aromatic nitrogens is 3. The molecule has 1 aliphatic heterocycles. The fraction of sp³-hybridized carbons (Fsp3) is 0.588. The molecule has 7 heteroatoms. The number of anilines is 2. The molecule has 1 fully saturated rings. The SMILES string of the molecule is Cc1cc(Nc2nc(C)c(C)s2)nc([C@@H]2CCCN(CCO)C2)n1. The third-order valence-corrected chi connectivity index (χ3v) is 5.41. The van der Waals surface area contributed by atoms with Crippen LogP contribution in [0.1, 0.15) is 40.8 Å². The molecule has 0 aromatic carbocycles. The number of rotatable bonds is 5. The predicted octanol–water partition coefficient (Wildman–Crippen LogP) is 2.77. The first kappa shape index (κ1) is 17.3. The Labute approximate surface area is 147 Å². The number of nitrogens with zero attached hydrogens (tertiary/aromatic N) is 4. The summed E-state index contributed by atoms with van der Waals surface area (Å²) in [6.45, 7) is 8.99. The van der Waals surface area contributed by atoms with Gasteiger partial charge in [-0.3, -0.25) is 0 Å². The van der Waals surface area contributed by atoms with Crippen molar-refractivity contribution in [3.8, 4) is 0 Å². The largest absolute Gasteiger partial charge is 0.395 e. The number of β-amino-alcohol motifs (C(OH)–C–C–N with tert-alkyl or cyclic N) is 1. The normalized spacial score (nSPS) is 18.8. The minimum Gasteiger partial charge on any atom is -0.395 e. The molecular weight excluding hydrogens is 322 g/mol. The molecule has 0 saturated carbocycles. The van der Waals surface area contributed by atoms with Crippen LogP contribution in [0, 0.1) is 20.8 Å². The topological polar surface area (TPSA) is 74.2 Å². The van der Waals surface area contributed by atoms with Gasteiger partial charge in [-0.2, -0.15) is 0 Å². The molecule has 6 nitrogen and oxygen atoms in total. The molecule has 3 heterocycles. The third-order valence-electron chi connectivity index (χ3n) is 4.42. The lowest BCUT2D eigenvalue weighted by molar-refractivity contribution is 0.159. The number of hydrogen-bond acceptors (Lipinski definition) is 7. The number of hydrogen-bond donors (Lipinski definition) is 2. The van der Waals surface area contributed by atoms with E-state index >= 15 is 0 Å². The maximum atomic E-state index is 9.16. The quantitative estimate of drug-likeness (QED) is 0.866. The smallest absolute Gasteiger partial charge is 0.188 e. The van der Waals surface area contributed by atoms with E-state index in [9.17, 15) is 0 Å². The molecule has 1 atom stereocenters. The molecule has 24 heavy (non-hydrogen) atoms. The highest BCUT2D eigenvalue weighted by atomic mass is 32.1. The summed E-state index contributed by atoms with van der Waals surface area (Å²) in [6.07, 6.45) is 2.22. The molecule has 3 rings (SSSR count). The minimum absolute atomic E-state index is 0.205. The fourth-order valence-electron chi connectivity index (χ4n) is 3.08. The molecule has 130 valence electrons. The van der Waals surface area contributed by atoms with E-state index in [2.05, 4.69) is 27.1 Å². The third kappa shape index (κ3) is 4.09. The summed E-state index contributed by atoms with van der Waals surface area (Å²) < 4.78 is 0. The molecular formula is C17H25N5OS. The van der Waals surface area contributed by atoms with E-state index in [-0.39, 0.29) is 6.61 Å². The van der Waals surface area contributed by atoms with Gasteiger partial charge >= 0.3 is 0 Å². The lowest BCUT2D eigenvalue weighted by atomic mass is 9.97. The van der Waals surface area contributed by atoms with Gasteiger partial charge in [0.15, 0.2) is 5.13 Å². The summed E-state index contributed by atoms with van der Waals surface area (Å²) in [5, 5.41) is 13.4. The highest BCUT2D eigenvalue weighted by molar-refractivity contribution is 7.15.